The molecule has 6 rings (SSSR count). The number of nitrogens with zero attached hydrogens (tertiary/aromatic N) is 4. The van der Waals surface area contributed by atoms with Gasteiger partial charge in [-0.15, -0.1) is 6.42 Å². The summed E-state index contributed by atoms with van der Waals surface area (Å²) in [5, 5.41) is 11.3. The van der Waals surface area contributed by atoms with Crippen LogP contribution in [-0.2, 0) is 0 Å². The third-order valence-electron chi connectivity index (χ3n) is 7.71. The molecule has 0 spiro atoms. The van der Waals surface area contributed by atoms with Gasteiger partial charge in [0.1, 0.15) is 22.8 Å². The number of aryl methyl sites for hydroxylation is 1. The minimum atomic E-state index is -0.643. The van der Waals surface area contributed by atoms with Gasteiger partial charge in [-0.05, 0) is 62.1 Å². The Kier molecular flexibility index (Phi) is 6.11. The van der Waals surface area contributed by atoms with Crippen molar-refractivity contribution in [2.45, 2.75) is 39.0 Å². The van der Waals surface area contributed by atoms with Crippen LogP contribution in [-0.4, -0.2) is 46.4 Å². The van der Waals surface area contributed by atoms with Crippen molar-refractivity contribution in [1.29, 1.82) is 0 Å². The van der Waals surface area contributed by atoms with Crippen molar-refractivity contribution in [3.63, 3.8) is 0 Å². The van der Waals surface area contributed by atoms with Gasteiger partial charge in [-0.2, -0.15) is 9.97 Å². The third kappa shape index (κ3) is 4.21. The number of aliphatic hydroxyl groups excluding tert-OH is 1. The Balaban J connectivity index is 1.55. The fourth-order valence-electron chi connectivity index (χ4n) is 5.28. The van der Waals surface area contributed by atoms with E-state index in [2.05, 4.69) is 25.8 Å². The normalized spacial score (nSPS) is 16.6. The van der Waals surface area contributed by atoms with Gasteiger partial charge in [0.05, 0.1) is 24.2 Å². The summed E-state index contributed by atoms with van der Waals surface area (Å²) in [4.78, 5) is 15.8. The Morgan fingerprint density at radius 2 is 1.92 bits per heavy atom. The van der Waals surface area contributed by atoms with Gasteiger partial charge in [-0.25, -0.2) is 8.78 Å². The molecule has 0 atom stereocenters. The Hall–Kier alpha value is -3.83. The van der Waals surface area contributed by atoms with Gasteiger partial charge in [-0.1, -0.05) is 18.1 Å². The number of hydrogen-bond donors (Lipinski definition) is 1. The molecule has 1 saturated carbocycles. The smallest absolute Gasteiger partial charge is 0.319 e. The molecule has 1 aliphatic heterocycles. The standard InChI is InChI=1S/C30H28F2N4O2/c1-3-20-23(31)8-7-19-13-18(2)14-21(24(19)20)26-25(32)27-22(15-33-26)28(36-11-5-4-6-12-36)35-29(34-27)38-17-30(16-37)9-10-30/h1,7-8,13-15,37H,4-6,9-12,16-17H2,2H3. The monoisotopic (exact) mass is 514 g/mol. The number of rotatable bonds is 6. The molecular formula is C30H28F2N4O2. The number of hydrogen-bond acceptors (Lipinski definition) is 6. The summed E-state index contributed by atoms with van der Waals surface area (Å²) in [5.74, 6) is 1.82. The van der Waals surface area contributed by atoms with Crippen molar-refractivity contribution in [2.24, 2.45) is 5.41 Å². The molecule has 3 heterocycles. The van der Waals surface area contributed by atoms with E-state index in [4.69, 9.17) is 11.2 Å². The van der Waals surface area contributed by atoms with E-state index in [1.807, 2.05) is 13.0 Å². The van der Waals surface area contributed by atoms with Crippen LogP contribution in [0, 0.1) is 36.3 Å². The molecule has 38 heavy (non-hydrogen) atoms. The van der Waals surface area contributed by atoms with Crippen LogP contribution in [0.3, 0.4) is 0 Å². The second-order valence-corrected chi connectivity index (χ2v) is 10.5. The summed E-state index contributed by atoms with van der Waals surface area (Å²) in [6.45, 7) is 3.77. The summed E-state index contributed by atoms with van der Waals surface area (Å²) in [6.07, 6.45) is 12.2. The van der Waals surface area contributed by atoms with E-state index < -0.39 is 11.6 Å². The molecule has 1 aliphatic carbocycles. The van der Waals surface area contributed by atoms with E-state index in [-0.39, 0.29) is 41.4 Å². The van der Waals surface area contributed by atoms with Crippen LogP contribution in [0.25, 0.3) is 32.9 Å². The SMILES string of the molecule is C#Cc1c(F)ccc2cc(C)cc(-c3ncc4c(N5CCCCC5)nc(OCC5(CO)CC5)nc4c3F)c12. The largest absolute Gasteiger partial charge is 0.463 e. The molecule has 1 N–H and O–H groups in total. The highest BCUT2D eigenvalue weighted by atomic mass is 19.1. The predicted octanol–water partition coefficient (Wildman–Crippen LogP) is 5.55. The molecular weight excluding hydrogens is 486 g/mol. The molecule has 8 heteroatoms. The van der Waals surface area contributed by atoms with Gasteiger partial charge in [0, 0.05) is 35.7 Å². The van der Waals surface area contributed by atoms with Crippen molar-refractivity contribution in [3.8, 4) is 29.6 Å². The van der Waals surface area contributed by atoms with E-state index >= 15 is 4.39 Å². The lowest BCUT2D eigenvalue weighted by Crippen LogP contribution is -2.30. The molecule has 0 radical (unpaired) electrons. The first kappa shape index (κ1) is 24.5. The van der Waals surface area contributed by atoms with Crippen LogP contribution < -0.4 is 9.64 Å². The highest BCUT2D eigenvalue weighted by Crippen LogP contribution is 2.45. The van der Waals surface area contributed by atoms with Crippen molar-refractivity contribution in [2.75, 3.05) is 31.2 Å². The molecule has 6 nitrogen and oxygen atoms in total. The average molecular weight is 515 g/mol. The zero-order chi connectivity index (χ0) is 26.4. The molecule has 0 unspecified atom stereocenters. The highest BCUT2D eigenvalue weighted by Gasteiger charge is 2.43. The van der Waals surface area contributed by atoms with Crippen LogP contribution in [0.4, 0.5) is 14.6 Å². The Bertz CT molecular complexity index is 1600. The van der Waals surface area contributed by atoms with Gasteiger partial charge in [0.15, 0.2) is 5.82 Å². The number of fused-ring (bicyclic) bond motifs is 2. The Labute approximate surface area is 219 Å². The fourth-order valence-corrected chi connectivity index (χ4v) is 5.28. The summed E-state index contributed by atoms with van der Waals surface area (Å²) in [5.41, 5.74) is 1.19. The van der Waals surface area contributed by atoms with E-state index in [0.29, 0.717) is 27.5 Å². The molecule has 4 aromatic rings. The van der Waals surface area contributed by atoms with Gasteiger partial charge in [0.2, 0.25) is 0 Å². The summed E-state index contributed by atoms with van der Waals surface area (Å²) >= 11 is 0. The first-order valence-electron chi connectivity index (χ1n) is 13.0. The molecule has 0 bridgehead atoms. The van der Waals surface area contributed by atoms with Crippen molar-refractivity contribution in [3.05, 3.63) is 53.2 Å². The minimum absolute atomic E-state index is 0.0243. The maximum Gasteiger partial charge on any atom is 0.319 e. The maximum absolute atomic E-state index is 16.4. The first-order chi connectivity index (χ1) is 18.4. The lowest BCUT2D eigenvalue weighted by atomic mass is 9.94. The zero-order valence-electron chi connectivity index (χ0n) is 21.2. The van der Waals surface area contributed by atoms with E-state index in [1.165, 1.54) is 6.07 Å². The number of benzene rings is 2. The molecule has 194 valence electrons. The van der Waals surface area contributed by atoms with Gasteiger partial charge in [0.25, 0.3) is 0 Å². The third-order valence-corrected chi connectivity index (χ3v) is 7.71. The summed E-state index contributed by atoms with van der Waals surface area (Å²) in [7, 11) is 0. The molecule has 2 fully saturated rings. The summed E-state index contributed by atoms with van der Waals surface area (Å²) in [6, 6.07) is 6.68. The van der Waals surface area contributed by atoms with Gasteiger partial charge < -0.3 is 14.7 Å². The average Bonchev–Trinajstić information content (AvgIpc) is 3.73. The number of halogens is 2. The predicted molar refractivity (Wildman–Crippen MR) is 143 cm³/mol. The second-order valence-electron chi connectivity index (χ2n) is 10.5. The Morgan fingerprint density at radius 3 is 2.63 bits per heavy atom. The lowest BCUT2D eigenvalue weighted by Gasteiger charge is -2.29. The number of aromatic nitrogens is 3. The van der Waals surface area contributed by atoms with Crippen LogP contribution in [0.1, 0.15) is 43.2 Å². The molecule has 2 aromatic carbocycles. The van der Waals surface area contributed by atoms with Crippen LogP contribution in [0.2, 0.25) is 0 Å². The van der Waals surface area contributed by atoms with Gasteiger partial charge in [-0.3, -0.25) is 4.98 Å². The molecule has 1 saturated heterocycles. The lowest BCUT2D eigenvalue weighted by molar-refractivity contribution is 0.140. The maximum atomic E-state index is 16.4. The first-order valence-corrected chi connectivity index (χ1v) is 13.0. The summed E-state index contributed by atoms with van der Waals surface area (Å²) < 4.78 is 37.0. The minimum Gasteiger partial charge on any atom is -0.463 e. The number of ether oxygens (including phenoxy) is 1. The van der Waals surface area contributed by atoms with E-state index in [9.17, 15) is 9.50 Å². The number of aliphatic hydroxyl groups is 1. The fraction of sp³-hybridized carbons (Fsp3) is 0.367. The van der Waals surface area contributed by atoms with Crippen molar-refractivity contribution < 1.29 is 18.6 Å². The van der Waals surface area contributed by atoms with Gasteiger partial charge >= 0.3 is 6.01 Å². The van der Waals surface area contributed by atoms with Crippen LogP contribution in [0.5, 0.6) is 6.01 Å². The number of pyridine rings is 1. The Morgan fingerprint density at radius 1 is 1.13 bits per heavy atom. The second kappa shape index (κ2) is 9.48. The molecule has 0 amide bonds. The number of anilines is 1. The zero-order valence-corrected chi connectivity index (χ0v) is 21.2. The number of terminal acetylenes is 1. The van der Waals surface area contributed by atoms with Crippen LogP contribution >= 0.6 is 0 Å². The number of piperidine rings is 1. The van der Waals surface area contributed by atoms with E-state index in [1.54, 1.807) is 18.3 Å². The highest BCUT2D eigenvalue weighted by molar-refractivity contribution is 6.02. The molecule has 2 aromatic heterocycles. The van der Waals surface area contributed by atoms with Crippen LogP contribution in [0.15, 0.2) is 30.5 Å². The van der Waals surface area contributed by atoms with E-state index in [0.717, 1.165) is 50.8 Å². The topological polar surface area (TPSA) is 71.4 Å². The van der Waals surface area contributed by atoms with Crippen molar-refractivity contribution in [1.82, 2.24) is 15.0 Å². The van der Waals surface area contributed by atoms with Crippen molar-refractivity contribution >= 4 is 27.5 Å². The molecule has 2 aliphatic rings. The quantitative estimate of drug-likeness (QED) is 0.340.